The molecule has 0 amide bonds. The molecular formula is C21H18N2O4. The van der Waals surface area contributed by atoms with Crippen LogP contribution in [0.2, 0.25) is 0 Å². The van der Waals surface area contributed by atoms with Crippen molar-refractivity contribution in [3.05, 3.63) is 57.6 Å². The highest BCUT2D eigenvalue weighted by Gasteiger charge is 2.59. The molecule has 6 heteroatoms. The van der Waals surface area contributed by atoms with Gasteiger partial charge in [0.25, 0.3) is 5.69 Å². The summed E-state index contributed by atoms with van der Waals surface area (Å²) in [6.07, 6.45) is 3.33. The molecule has 1 aromatic heterocycles. The number of aromatic nitrogens is 1. The van der Waals surface area contributed by atoms with Gasteiger partial charge in [-0.1, -0.05) is 18.2 Å². The molecule has 2 fully saturated rings. The van der Waals surface area contributed by atoms with E-state index in [4.69, 9.17) is 0 Å². The number of benzene rings is 2. The Labute approximate surface area is 154 Å². The minimum atomic E-state index is -0.403. The van der Waals surface area contributed by atoms with Crippen molar-refractivity contribution < 1.29 is 15.1 Å². The molecule has 2 bridgehead atoms. The summed E-state index contributed by atoms with van der Waals surface area (Å²) in [7, 11) is 0. The zero-order chi connectivity index (χ0) is 18.4. The molecule has 2 saturated carbocycles. The lowest BCUT2D eigenvalue weighted by molar-refractivity contribution is -0.383. The molecule has 7 rings (SSSR count). The van der Waals surface area contributed by atoms with Crippen LogP contribution in [-0.4, -0.2) is 19.7 Å². The molecule has 136 valence electrons. The maximum absolute atomic E-state index is 11.4. The van der Waals surface area contributed by atoms with Gasteiger partial charge in [-0.3, -0.25) is 14.7 Å². The molecule has 1 heterocycles. The third kappa shape index (κ3) is 1.75. The van der Waals surface area contributed by atoms with Gasteiger partial charge in [-0.15, -0.1) is 0 Å². The number of nitrogens with zero attached hydrogens (tertiary/aromatic N) is 2. The van der Waals surface area contributed by atoms with Crippen molar-refractivity contribution >= 4 is 16.5 Å². The van der Waals surface area contributed by atoms with Gasteiger partial charge in [0.2, 0.25) is 11.8 Å². The average Bonchev–Trinajstić information content (AvgIpc) is 3.45. The van der Waals surface area contributed by atoms with Gasteiger partial charge >= 0.3 is 0 Å². The first-order chi connectivity index (χ1) is 13.1. The standard InChI is InChI=1S/C21H18N2O4/c24-20-18-12-5-6-13(15-9-14(12)15)19(18)21(25)22(20)16-7-8-17(23(26)27)11-4-2-1-3-10(11)16/h1-4,7-8,12-15,24-25H,5-6,9H2/t12-,13+,14+,15-. The highest BCUT2D eigenvalue weighted by molar-refractivity contribution is 5.97. The molecule has 3 aromatic rings. The molecule has 6 nitrogen and oxygen atoms in total. The van der Waals surface area contributed by atoms with E-state index in [9.17, 15) is 20.3 Å². The minimum absolute atomic E-state index is 0.0200. The molecule has 2 aromatic carbocycles. The summed E-state index contributed by atoms with van der Waals surface area (Å²) in [6.45, 7) is 0. The molecule has 0 radical (unpaired) electrons. The van der Waals surface area contributed by atoms with Gasteiger partial charge in [0, 0.05) is 22.6 Å². The van der Waals surface area contributed by atoms with Gasteiger partial charge in [0.05, 0.1) is 16.0 Å². The van der Waals surface area contributed by atoms with Gasteiger partial charge in [-0.25, -0.2) is 0 Å². The van der Waals surface area contributed by atoms with Gasteiger partial charge < -0.3 is 10.2 Å². The van der Waals surface area contributed by atoms with Crippen molar-refractivity contribution in [3.8, 4) is 17.4 Å². The number of nitro groups is 1. The van der Waals surface area contributed by atoms with Crippen LogP contribution in [0.4, 0.5) is 5.69 Å². The first kappa shape index (κ1) is 15.1. The number of hydrogen-bond acceptors (Lipinski definition) is 4. The third-order valence-corrected chi connectivity index (χ3v) is 6.97. The lowest BCUT2D eigenvalue weighted by Crippen LogP contribution is -2.22. The molecule has 4 aliphatic rings. The summed E-state index contributed by atoms with van der Waals surface area (Å²) in [6, 6.07) is 10.1. The van der Waals surface area contributed by atoms with E-state index in [1.165, 1.54) is 17.1 Å². The van der Waals surface area contributed by atoms with Crippen LogP contribution in [0.3, 0.4) is 0 Å². The summed E-state index contributed by atoms with van der Waals surface area (Å²) in [5.41, 5.74) is 2.41. The number of nitro benzene ring substituents is 1. The molecule has 4 atom stereocenters. The van der Waals surface area contributed by atoms with E-state index >= 15 is 0 Å². The Morgan fingerprint density at radius 3 is 2.11 bits per heavy atom. The first-order valence-corrected chi connectivity index (χ1v) is 9.41. The molecular weight excluding hydrogens is 344 g/mol. The average molecular weight is 362 g/mol. The van der Waals surface area contributed by atoms with E-state index in [2.05, 4.69) is 0 Å². The number of aromatic hydroxyl groups is 2. The fraction of sp³-hybridized carbons (Fsp3) is 0.333. The normalized spacial score (nSPS) is 27.4. The predicted octanol–water partition coefficient (Wildman–Crippen LogP) is 4.56. The van der Waals surface area contributed by atoms with Crippen molar-refractivity contribution in [2.45, 2.75) is 31.1 Å². The summed E-state index contributed by atoms with van der Waals surface area (Å²) in [4.78, 5) is 11.0. The number of hydrogen-bond donors (Lipinski definition) is 2. The van der Waals surface area contributed by atoms with Gasteiger partial charge in [0.15, 0.2) is 0 Å². The molecule has 0 unspecified atom stereocenters. The Hall–Kier alpha value is -3.02. The monoisotopic (exact) mass is 362 g/mol. The first-order valence-electron chi connectivity index (χ1n) is 9.41. The maximum atomic E-state index is 11.4. The fourth-order valence-electron chi connectivity index (χ4n) is 5.83. The Bertz CT molecular complexity index is 1110. The zero-order valence-corrected chi connectivity index (χ0v) is 14.5. The Kier molecular flexibility index (Phi) is 2.69. The Morgan fingerprint density at radius 2 is 1.52 bits per heavy atom. The minimum Gasteiger partial charge on any atom is -0.494 e. The number of non-ortho nitro benzene ring substituents is 1. The van der Waals surface area contributed by atoms with Crippen LogP contribution in [0.25, 0.3) is 16.5 Å². The van der Waals surface area contributed by atoms with E-state index in [0.29, 0.717) is 40.1 Å². The summed E-state index contributed by atoms with van der Waals surface area (Å²) in [5.74, 6) is 2.14. The van der Waals surface area contributed by atoms with Crippen molar-refractivity contribution in [3.63, 3.8) is 0 Å². The van der Waals surface area contributed by atoms with Crippen molar-refractivity contribution in [1.82, 2.24) is 4.57 Å². The predicted molar refractivity (Wildman–Crippen MR) is 99.6 cm³/mol. The van der Waals surface area contributed by atoms with Crippen molar-refractivity contribution in [2.75, 3.05) is 0 Å². The van der Waals surface area contributed by atoms with Crippen LogP contribution < -0.4 is 0 Å². The highest BCUT2D eigenvalue weighted by atomic mass is 16.6. The molecule has 4 aliphatic carbocycles. The third-order valence-electron chi connectivity index (χ3n) is 6.97. The molecule has 27 heavy (non-hydrogen) atoms. The zero-order valence-electron chi connectivity index (χ0n) is 14.5. The molecule has 0 saturated heterocycles. The maximum Gasteiger partial charge on any atom is 0.277 e. The largest absolute Gasteiger partial charge is 0.494 e. The van der Waals surface area contributed by atoms with Crippen LogP contribution in [0, 0.1) is 22.0 Å². The second-order valence-electron chi connectivity index (χ2n) is 8.07. The summed E-state index contributed by atoms with van der Waals surface area (Å²) < 4.78 is 1.49. The van der Waals surface area contributed by atoms with Crippen molar-refractivity contribution in [1.29, 1.82) is 0 Å². The van der Waals surface area contributed by atoms with E-state index < -0.39 is 4.92 Å². The lowest BCUT2D eigenvalue weighted by atomic mass is 9.68. The van der Waals surface area contributed by atoms with Crippen LogP contribution in [0.5, 0.6) is 11.8 Å². The molecule has 0 spiro atoms. The second-order valence-corrected chi connectivity index (χ2v) is 8.07. The molecule has 0 aliphatic heterocycles. The summed E-state index contributed by atoms with van der Waals surface area (Å²) in [5, 5.41) is 34.7. The smallest absolute Gasteiger partial charge is 0.277 e. The number of fused-ring (bicyclic) bond motifs is 2. The topological polar surface area (TPSA) is 88.5 Å². The van der Waals surface area contributed by atoms with Crippen LogP contribution >= 0.6 is 0 Å². The van der Waals surface area contributed by atoms with Gasteiger partial charge in [-0.05, 0) is 55.1 Å². The van der Waals surface area contributed by atoms with Crippen LogP contribution in [0.1, 0.15) is 42.2 Å². The lowest BCUT2D eigenvalue weighted by Gasteiger charge is -2.35. The van der Waals surface area contributed by atoms with E-state index in [1.807, 2.05) is 6.07 Å². The van der Waals surface area contributed by atoms with E-state index in [1.54, 1.807) is 24.3 Å². The fourth-order valence-corrected chi connectivity index (χ4v) is 5.83. The van der Waals surface area contributed by atoms with E-state index in [-0.39, 0.29) is 17.4 Å². The number of rotatable bonds is 2. The molecule has 2 N–H and O–H groups in total. The Balaban J connectivity index is 1.64. The quantitative estimate of drug-likeness (QED) is 0.517. The van der Waals surface area contributed by atoms with Crippen LogP contribution in [-0.2, 0) is 0 Å². The second kappa shape index (κ2) is 4.82. The highest BCUT2D eigenvalue weighted by Crippen LogP contribution is 2.70. The Morgan fingerprint density at radius 1 is 0.926 bits per heavy atom. The van der Waals surface area contributed by atoms with E-state index in [0.717, 1.165) is 24.0 Å². The van der Waals surface area contributed by atoms with Gasteiger partial charge in [0.1, 0.15) is 0 Å². The SMILES string of the molecule is O=[N+]([O-])c1ccc(-n2c(O)c3c(c2O)[C@@H]2CC[C@H]3[C@H]3C[C@H]32)c2ccccc12. The summed E-state index contributed by atoms with van der Waals surface area (Å²) >= 11 is 0. The van der Waals surface area contributed by atoms with Crippen molar-refractivity contribution in [2.24, 2.45) is 11.8 Å². The van der Waals surface area contributed by atoms with Gasteiger partial charge in [-0.2, -0.15) is 0 Å². The van der Waals surface area contributed by atoms with Crippen LogP contribution in [0.15, 0.2) is 36.4 Å².